The minimum Gasteiger partial charge on any atom is -0.319 e. The van der Waals surface area contributed by atoms with Crippen LogP contribution >= 0.6 is 0 Å². The van der Waals surface area contributed by atoms with E-state index in [9.17, 15) is 18.0 Å². The maximum Gasteiger partial charge on any atom is 0.417 e. The van der Waals surface area contributed by atoms with E-state index in [2.05, 4.69) is 15.3 Å². The summed E-state index contributed by atoms with van der Waals surface area (Å²) < 4.78 is 37.4. The van der Waals surface area contributed by atoms with Crippen LogP contribution < -0.4 is 5.32 Å². The maximum atomic E-state index is 12.5. The number of hydrogen-bond acceptors (Lipinski definition) is 3. The van der Waals surface area contributed by atoms with Crippen molar-refractivity contribution >= 4 is 11.6 Å². The molecule has 0 bridgehead atoms. The van der Waals surface area contributed by atoms with Gasteiger partial charge in [-0.15, -0.1) is 0 Å². The Balaban J connectivity index is 1.77. The number of hydrogen-bond donors (Lipinski definition) is 1. The predicted octanol–water partition coefficient (Wildman–Crippen LogP) is 3.63. The van der Waals surface area contributed by atoms with Gasteiger partial charge in [-0.25, -0.2) is 0 Å². The zero-order valence-electron chi connectivity index (χ0n) is 11.4. The number of carbonyl (C=O) groups excluding carboxylic acids is 1. The molecule has 1 amide bonds. The number of carbonyl (C=O) groups is 1. The Labute approximate surface area is 124 Å². The van der Waals surface area contributed by atoms with Crippen molar-refractivity contribution in [3.8, 4) is 0 Å². The summed E-state index contributed by atoms with van der Waals surface area (Å²) in [6.45, 7) is 0. The molecular weight excluding hydrogens is 295 g/mol. The number of rotatable bonds is 3. The Kier molecular flexibility index (Phi) is 3.56. The number of amides is 1. The number of alkyl halides is 3. The molecule has 7 heteroatoms. The largest absolute Gasteiger partial charge is 0.417 e. The Morgan fingerprint density at radius 2 is 1.95 bits per heavy atom. The van der Waals surface area contributed by atoms with Crippen molar-refractivity contribution in [3.05, 3.63) is 53.6 Å². The van der Waals surface area contributed by atoms with Crippen LogP contribution in [0.3, 0.4) is 0 Å². The predicted molar refractivity (Wildman–Crippen MR) is 73.4 cm³/mol. The molecule has 2 heterocycles. The van der Waals surface area contributed by atoms with Crippen molar-refractivity contribution in [1.29, 1.82) is 0 Å². The van der Waals surface area contributed by atoms with Crippen molar-refractivity contribution in [2.45, 2.75) is 24.9 Å². The van der Waals surface area contributed by atoms with Crippen LogP contribution in [-0.2, 0) is 6.18 Å². The van der Waals surface area contributed by atoms with Gasteiger partial charge >= 0.3 is 6.18 Å². The van der Waals surface area contributed by atoms with Gasteiger partial charge in [-0.3, -0.25) is 14.8 Å². The summed E-state index contributed by atoms with van der Waals surface area (Å²) in [4.78, 5) is 19.9. The molecule has 0 aromatic carbocycles. The highest BCUT2D eigenvalue weighted by atomic mass is 19.4. The lowest BCUT2D eigenvalue weighted by Gasteiger charge is -2.10. The van der Waals surface area contributed by atoms with Gasteiger partial charge in [0.25, 0.3) is 5.91 Å². The Morgan fingerprint density at radius 3 is 2.55 bits per heavy atom. The molecule has 3 rings (SSSR count). The molecule has 114 valence electrons. The van der Waals surface area contributed by atoms with Crippen LogP contribution in [0.1, 0.15) is 40.5 Å². The van der Waals surface area contributed by atoms with E-state index in [1.165, 1.54) is 0 Å². The van der Waals surface area contributed by atoms with Crippen LogP contribution in [0.4, 0.5) is 18.9 Å². The van der Waals surface area contributed by atoms with Crippen LogP contribution in [0.15, 0.2) is 36.7 Å². The molecule has 0 radical (unpaired) electrons. The van der Waals surface area contributed by atoms with Crippen LogP contribution in [-0.4, -0.2) is 15.9 Å². The lowest BCUT2D eigenvalue weighted by atomic mass is 10.2. The highest BCUT2D eigenvalue weighted by molar-refractivity contribution is 6.03. The van der Waals surface area contributed by atoms with E-state index in [0.29, 0.717) is 17.8 Å². The number of aromatic nitrogens is 2. The summed E-state index contributed by atoms with van der Waals surface area (Å²) in [6.07, 6.45) is -0.110. The van der Waals surface area contributed by atoms with E-state index < -0.39 is 17.6 Å². The monoisotopic (exact) mass is 307 g/mol. The zero-order chi connectivity index (χ0) is 15.7. The van der Waals surface area contributed by atoms with Crippen LogP contribution in [0.25, 0.3) is 0 Å². The third-order valence-corrected chi connectivity index (χ3v) is 3.37. The van der Waals surface area contributed by atoms with Gasteiger partial charge in [-0.2, -0.15) is 13.2 Å². The normalized spacial score (nSPS) is 14.7. The molecule has 0 unspecified atom stereocenters. The smallest absolute Gasteiger partial charge is 0.319 e. The standard InChI is InChI=1S/C15H12F3N3O/c16-15(17,18)10-5-6-12(20-8-10)14(22)21-11-2-1-7-19-13(11)9-3-4-9/h1-2,5-9H,3-4H2,(H,21,22). The first kappa shape index (κ1) is 14.5. The topological polar surface area (TPSA) is 54.9 Å². The first-order valence-electron chi connectivity index (χ1n) is 6.74. The molecular formula is C15H12F3N3O. The summed E-state index contributed by atoms with van der Waals surface area (Å²) in [6, 6.07) is 5.32. The fourth-order valence-corrected chi connectivity index (χ4v) is 2.09. The Hall–Kier alpha value is -2.44. The van der Waals surface area contributed by atoms with Gasteiger partial charge in [0.1, 0.15) is 5.69 Å². The maximum absolute atomic E-state index is 12.5. The molecule has 2 aromatic heterocycles. The van der Waals surface area contributed by atoms with Gasteiger partial charge in [-0.05, 0) is 37.1 Å². The first-order chi connectivity index (χ1) is 10.4. The third-order valence-electron chi connectivity index (χ3n) is 3.37. The van der Waals surface area contributed by atoms with Gasteiger partial charge in [0, 0.05) is 18.3 Å². The molecule has 4 nitrogen and oxygen atoms in total. The number of anilines is 1. The number of nitrogens with zero attached hydrogens (tertiary/aromatic N) is 2. The van der Waals surface area contributed by atoms with Crippen molar-refractivity contribution in [3.63, 3.8) is 0 Å². The van der Waals surface area contributed by atoms with E-state index in [0.717, 1.165) is 30.7 Å². The van der Waals surface area contributed by atoms with E-state index in [-0.39, 0.29) is 5.69 Å². The van der Waals surface area contributed by atoms with Gasteiger partial charge in [-0.1, -0.05) is 0 Å². The summed E-state index contributed by atoms with van der Waals surface area (Å²) >= 11 is 0. The Bertz CT molecular complexity index is 694. The minimum atomic E-state index is -4.47. The molecule has 0 saturated heterocycles. The van der Waals surface area contributed by atoms with Gasteiger partial charge < -0.3 is 5.32 Å². The second-order valence-corrected chi connectivity index (χ2v) is 5.09. The summed E-state index contributed by atoms with van der Waals surface area (Å²) in [7, 11) is 0. The molecule has 1 aliphatic carbocycles. The number of pyridine rings is 2. The van der Waals surface area contributed by atoms with Crippen molar-refractivity contribution in [1.82, 2.24) is 9.97 Å². The SMILES string of the molecule is O=C(Nc1cccnc1C1CC1)c1ccc(C(F)(F)F)cn1. The molecule has 0 spiro atoms. The number of halogens is 3. The van der Waals surface area contributed by atoms with Gasteiger partial charge in [0.15, 0.2) is 0 Å². The summed E-state index contributed by atoms with van der Waals surface area (Å²) in [5.41, 5.74) is 0.433. The summed E-state index contributed by atoms with van der Waals surface area (Å²) in [5.74, 6) is -0.208. The molecule has 2 aromatic rings. The molecule has 1 saturated carbocycles. The zero-order valence-corrected chi connectivity index (χ0v) is 11.4. The fourth-order valence-electron chi connectivity index (χ4n) is 2.09. The van der Waals surface area contributed by atoms with Gasteiger partial charge in [0.2, 0.25) is 0 Å². The van der Waals surface area contributed by atoms with Crippen molar-refractivity contribution in [2.24, 2.45) is 0 Å². The lowest BCUT2D eigenvalue weighted by molar-refractivity contribution is -0.137. The molecule has 22 heavy (non-hydrogen) atoms. The first-order valence-corrected chi connectivity index (χ1v) is 6.74. The third kappa shape index (κ3) is 3.08. The molecule has 1 aliphatic rings. The quantitative estimate of drug-likeness (QED) is 0.942. The average Bonchev–Trinajstić information content (AvgIpc) is 3.32. The number of nitrogens with one attached hydrogen (secondary N) is 1. The summed E-state index contributed by atoms with van der Waals surface area (Å²) in [5, 5.41) is 2.66. The molecule has 0 aliphatic heterocycles. The molecule has 0 atom stereocenters. The van der Waals surface area contributed by atoms with Crippen molar-refractivity contribution < 1.29 is 18.0 Å². The Morgan fingerprint density at radius 1 is 1.18 bits per heavy atom. The van der Waals surface area contributed by atoms with E-state index >= 15 is 0 Å². The van der Waals surface area contributed by atoms with E-state index in [1.54, 1.807) is 18.3 Å². The van der Waals surface area contributed by atoms with Crippen LogP contribution in [0.2, 0.25) is 0 Å². The highest BCUT2D eigenvalue weighted by Crippen LogP contribution is 2.42. The van der Waals surface area contributed by atoms with Gasteiger partial charge in [0.05, 0.1) is 16.9 Å². The van der Waals surface area contributed by atoms with E-state index in [4.69, 9.17) is 0 Å². The van der Waals surface area contributed by atoms with Crippen LogP contribution in [0.5, 0.6) is 0 Å². The second kappa shape index (κ2) is 5.40. The van der Waals surface area contributed by atoms with E-state index in [1.807, 2.05) is 0 Å². The van der Waals surface area contributed by atoms with Crippen LogP contribution in [0, 0.1) is 0 Å². The highest BCUT2D eigenvalue weighted by Gasteiger charge is 2.31. The average molecular weight is 307 g/mol. The molecule has 1 N–H and O–H groups in total. The molecule has 1 fully saturated rings. The fraction of sp³-hybridized carbons (Fsp3) is 0.267. The second-order valence-electron chi connectivity index (χ2n) is 5.09. The van der Waals surface area contributed by atoms with Crippen molar-refractivity contribution in [2.75, 3.05) is 5.32 Å². The minimum absolute atomic E-state index is 0.0707. The lowest BCUT2D eigenvalue weighted by Crippen LogP contribution is -2.16.